The number of hydrogen-bond donors (Lipinski definition) is 2. The van der Waals surface area contributed by atoms with Gasteiger partial charge in [-0.15, -0.1) is 11.8 Å². The van der Waals surface area contributed by atoms with E-state index in [0.29, 0.717) is 5.02 Å². The minimum absolute atomic E-state index is 0.00332. The van der Waals surface area contributed by atoms with E-state index >= 15 is 0 Å². The Bertz CT molecular complexity index is 841. The van der Waals surface area contributed by atoms with Gasteiger partial charge in [0.15, 0.2) is 0 Å². The van der Waals surface area contributed by atoms with E-state index in [-0.39, 0.29) is 11.4 Å². The van der Waals surface area contributed by atoms with Crippen LogP contribution in [-0.4, -0.2) is 17.1 Å². The molecule has 27 heavy (non-hydrogen) atoms. The molecular weight excluding hydrogens is 401 g/mol. The van der Waals surface area contributed by atoms with Gasteiger partial charge in [-0.1, -0.05) is 11.6 Å². The second-order valence-electron chi connectivity index (χ2n) is 5.64. The van der Waals surface area contributed by atoms with Crippen molar-refractivity contribution in [2.24, 2.45) is 0 Å². The number of nitrogens with one attached hydrogen (secondary N) is 2. The van der Waals surface area contributed by atoms with Crippen LogP contribution in [0.5, 0.6) is 0 Å². The molecule has 0 saturated heterocycles. The zero-order valence-electron chi connectivity index (χ0n) is 14.4. The number of carbonyl (C=O) groups excluding carboxylic acids is 2. The van der Waals surface area contributed by atoms with E-state index in [2.05, 4.69) is 10.6 Å². The molecule has 0 fully saturated rings. The van der Waals surface area contributed by atoms with Gasteiger partial charge in [0.2, 0.25) is 11.8 Å². The molecule has 0 aliphatic rings. The number of rotatable bonds is 5. The Labute approximate surface area is 163 Å². The van der Waals surface area contributed by atoms with Gasteiger partial charge < -0.3 is 10.6 Å². The average Bonchev–Trinajstić information content (AvgIpc) is 2.56. The number of thioether (sulfide) groups is 1. The summed E-state index contributed by atoms with van der Waals surface area (Å²) in [4.78, 5) is 24.1. The van der Waals surface area contributed by atoms with Crippen LogP contribution in [0.25, 0.3) is 0 Å². The molecule has 2 N–H and O–H groups in total. The molecule has 0 radical (unpaired) electrons. The van der Waals surface area contributed by atoms with Gasteiger partial charge in [-0.2, -0.15) is 13.2 Å². The molecule has 9 heteroatoms. The Morgan fingerprint density at radius 1 is 1.07 bits per heavy atom. The highest BCUT2D eigenvalue weighted by Crippen LogP contribution is 2.37. The lowest BCUT2D eigenvalue weighted by molar-refractivity contribution is -0.137. The van der Waals surface area contributed by atoms with Crippen LogP contribution in [0.4, 0.5) is 24.5 Å². The molecule has 0 aliphatic carbocycles. The lowest BCUT2D eigenvalue weighted by Gasteiger charge is -2.17. The van der Waals surface area contributed by atoms with Crippen molar-refractivity contribution < 1.29 is 22.8 Å². The van der Waals surface area contributed by atoms with E-state index in [0.717, 1.165) is 17.0 Å². The Kier molecular flexibility index (Phi) is 6.78. The largest absolute Gasteiger partial charge is 0.418 e. The van der Waals surface area contributed by atoms with Crippen LogP contribution in [-0.2, 0) is 15.8 Å². The van der Waals surface area contributed by atoms with Gasteiger partial charge >= 0.3 is 6.18 Å². The van der Waals surface area contributed by atoms with Crippen molar-refractivity contribution >= 4 is 46.6 Å². The normalized spacial score (nSPS) is 12.4. The van der Waals surface area contributed by atoms with Crippen LogP contribution < -0.4 is 10.6 Å². The quantitative estimate of drug-likeness (QED) is 0.638. The van der Waals surface area contributed by atoms with E-state index in [4.69, 9.17) is 11.6 Å². The molecule has 0 aliphatic heterocycles. The summed E-state index contributed by atoms with van der Waals surface area (Å²) in [5.74, 6) is -1.07. The summed E-state index contributed by atoms with van der Waals surface area (Å²) < 4.78 is 40.0. The fraction of sp³-hybridized carbons (Fsp3) is 0.222. The Morgan fingerprint density at radius 2 is 1.70 bits per heavy atom. The van der Waals surface area contributed by atoms with Gasteiger partial charge in [-0.3, -0.25) is 9.59 Å². The lowest BCUT2D eigenvalue weighted by Crippen LogP contribution is -2.24. The molecule has 0 spiro atoms. The van der Waals surface area contributed by atoms with Gasteiger partial charge in [0.05, 0.1) is 16.5 Å². The number of benzene rings is 2. The predicted octanol–water partition coefficient (Wildman–Crippen LogP) is 5.44. The van der Waals surface area contributed by atoms with Gasteiger partial charge in [0.1, 0.15) is 0 Å². The molecule has 1 unspecified atom stereocenters. The summed E-state index contributed by atoms with van der Waals surface area (Å²) in [6.07, 6.45) is -4.69. The first kappa shape index (κ1) is 21.1. The first-order valence-electron chi connectivity index (χ1n) is 7.78. The number of anilines is 2. The van der Waals surface area contributed by atoms with Crippen LogP contribution in [0.3, 0.4) is 0 Å². The van der Waals surface area contributed by atoms with Crippen LogP contribution in [0.2, 0.25) is 5.02 Å². The lowest BCUT2D eigenvalue weighted by atomic mass is 10.1. The van der Waals surface area contributed by atoms with Gasteiger partial charge in [-0.05, 0) is 49.4 Å². The maximum absolute atomic E-state index is 13.3. The van der Waals surface area contributed by atoms with Crippen LogP contribution in [0.1, 0.15) is 19.4 Å². The highest BCUT2D eigenvalue weighted by molar-refractivity contribution is 8.00. The van der Waals surface area contributed by atoms with Crippen molar-refractivity contribution in [2.75, 3.05) is 10.6 Å². The highest BCUT2D eigenvalue weighted by atomic mass is 35.5. The van der Waals surface area contributed by atoms with E-state index < -0.39 is 28.8 Å². The second-order valence-corrected chi connectivity index (χ2v) is 7.49. The SMILES string of the molecule is CC(=O)Nc1ccc(NC(=O)C(C)Sc2ccc(Cl)cc2)c(C(F)(F)F)c1. The number of amides is 2. The molecule has 2 aromatic rings. The van der Waals surface area contributed by atoms with Crippen molar-refractivity contribution in [1.29, 1.82) is 0 Å². The molecule has 0 heterocycles. The maximum atomic E-state index is 13.3. The molecule has 2 amide bonds. The number of hydrogen-bond acceptors (Lipinski definition) is 3. The van der Waals surface area contributed by atoms with E-state index in [1.807, 2.05) is 0 Å². The van der Waals surface area contributed by atoms with Crippen LogP contribution in [0.15, 0.2) is 47.4 Å². The molecule has 144 valence electrons. The molecule has 2 rings (SSSR count). The van der Waals surface area contributed by atoms with Crippen LogP contribution >= 0.6 is 23.4 Å². The molecule has 0 aromatic heterocycles. The number of halogens is 4. The van der Waals surface area contributed by atoms with E-state index in [1.165, 1.54) is 24.8 Å². The van der Waals surface area contributed by atoms with Crippen molar-refractivity contribution in [2.45, 2.75) is 30.2 Å². The third kappa shape index (κ3) is 6.18. The third-order valence-electron chi connectivity index (χ3n) is 3.40. The average molecular weight is 417 g/mol. The topological polar surface area (TPSA) is 58.2 Å². The van der Waals surface area contributed by atoms with Crippen molar-refractivity contribution in [1.82, 2.24) is 0 Å². The monoisotopic (exact) mass is 416 g/mol. The Morgan fingerprint density at radius 3 is 2.26 bits per heavy atom. The van der Waals surface area contributed by atoms with Crippen LogP contribution in [0, 0.1) is 0 Å². The summed E-state index contributed by atoms with van der Waals surface area (Å²) in [7, 11) is 0. The fourth-order valence-electron chi connectivity index (χ4n) is 2.17. The first-order valence-corrected chi connectivity index (χ1v) is 9.04. The molecule has 0 saturated carbocycles. The standard InChI is InChI=1S/C18H16ClF3N2O2S/c1-10(27-14-6-3-12(19)4-7-14)17(26)24-16-8-5-13(23-11(2)25)9-15(16)18(20,21)22/h3-10H,1-2H3,(H,23,25)(H,24,26). The molecule has 2 aromatic carbocycles. The third-order valence-corrected chi connectivity index (χ3v) is 4.76. The smallest absolute Gasteiger partial charge is 0.326 e. The molecule has 1 atom stereocenters. The number of alkyl halides is 3. The summed E-state index contributed by atoms with van der Waals surface area (Å²) in [5.41, 5.74) is -1.41. The Balaban J connectivity index is 2.17. The molecule has 4 nitrogen and oxygen atoms in total. The highest BCUT2D eigenvalue weighted by Gasteiger charge is 2.34. The molecular formula is C18H16ClF3N2O2S. The zero-order chi connectivity index (χ0) is 20.2. The van der Waals surface area contributed by atoms with Crippen molar-refractivity contribution in [3.05, 3.63) is 53.1 Å². The van der Waals surface area contributed by atoms with Gasteiger partial charge in [-0.25, -0.2) is 0 Å². The van der Waals surface area contributed by atoms with Gasteiger partial charge in [0.25, 0.3) is 0 Å². The zero-order valence-corrected chi connectivity index (χ0v) is 15.9. The minimum atomic E-state index is -4.69. The maximum Gasteiger partial charge on any atom is 0.418 e. The summed E-state index contributed by atoms with van der Waals surface area (Å²) >= 11 is 7.00. The summed E-state index contributed by atoms with van der Waals surface area (Å²) in [6.45, 7) is 2.78. The predicted molar refractivity (Wildman–Crippen MR) is 101 cm³/mol. The Hall–Kier alpha value is -2.19. The summed E-state index contributed by atoms with van der Waals surface area (Å²) in [5, 5.41) is 4.51. The fourth-order valence-corrected chi connectivity index (χ4v) is 3.17. The minimum Gasteiger partial charge on any atom is -0.326 e. The van der Waals surface area contributed by atoms with Crippen molar-refractivity contribution in [3.8, 4) is 0 Å². The second kappa shape index (κ2) is 8.67. The van der Waals surface area contributed by atoms with E-state index in [1.54, 1.807) is 31.2 Å². The first-order chi connectivity index (χ1) is 12.6. The van der Waals surface area contributed by atoms with E-state index in [9.17, 15) is 22.8 Å². The summed E-state index contributed by atoms with van der Waals surface area (Å²) in [6, 6.07) is 9.97. The number of carbonyl (C=O) groups is 2. The molecule has 0 bridgehead atoms. The van der Waals surface area contributed by atoms with Crippen molar-refractivity contribution in [3.63, 3.8) is 0 Å². The van der Waals surface area contributed by atoms with Gasteiger partial charge in [0, 0.05) is 22.5 Å².